The van der Waals surface area contributed by atoms with Gasteiger partial charge in [-0.2, -0.15) is 10.2 Å². The number of hydrogen-bond acceptors (Lipinski definition) is 11. The normalized spacial score (nSPS) is 13.6. The van der Waals surface area contributed by atoms with Gasteiger partial charge in [0.2, 0.25) is 0 Å². The summed E-state index contributed by atoms with van der Waals surface area (Å²) >= 11 is 0. The minimum Gasteiger partial charge on any atom is -0.490 e. The first-order valence-corrected chi connectivity index (χ1v) is 17.5. The molecule has 0 saturated heterocycles. The highest BCUT2D eigenvalue weighted by molar-refractivity contribution is 6.06. The molecule has 296 valence electrons. The fourth-order valence-corrected chi connectivity index (χ4v) is 6.10. The summed E-state index contributed by atoms with van der Waals surface area (Å²) < 4.78 is 72.3. The Morgan fingerprint density at radius 2 is 1.24 bits per heavy atom. The van der Waals surface area contributed by atoms with Crippen molar-refractivity contribution in [2.75, 3.05) is 6.61 Å². The van der Waals surface area contributed by atoms with E-state index in [4.69, 9.17) is 9.47 Å². The fourth-order valence-electron chi connectivity index (χ4n) is 6.10. The van der Waals surface area contributed by atoms with E-state index in [-0.39, 0.29) is 43.2 Å². The van der Waals surface area contributed by atoms with E-state index < -0.39 is 41.1 Å². The monoisotopic (exact) mass is 795 g/mol. The Morgan fingerprint density at radius 1 is 0.690 bits per heavy atom. The average molecular weight is 796 g/mol. The largest absolute Gasteiger partial charge is 0.490 e. The number of ketones is 1. The quantitative estimate of drug-likeness (QED) is 0.0720. The molecule has 18 heteroatoms. The van der Waals surface area contributed by atoms with Crippen molar-refractivity contribution in [2.45, 2.75) is 37.4 Å². The molecule has 2 unspecified atom stereocenters. The molecule has 0 amide bonds. The zero-order valence-corrected chi connectivity index (χ0v) is 30.3. The molecule has 0 radical (unpaired) electrons. The summed E-state index contributed by atoms with van der Waals surface area (Å²) in [6, 6.07) is 18.8. The van der Waals surface area contributed by atoms with Crippen LogP contribution in [0.3, 0.4) is 0 Å². The molecular formula is C40H33F4N9O5. The smallest absolute Gasteiger partial charge is 0.185 e. The van der Waals surface area contributed by atoms with Crippen LogP contribution in [-0.2, 0) is 37.4 Å². The maximum absolute atomic E-state index is 14.8. The number of aromatic nitrogens is 9. The van der Waals surface area contributed by atoms with Crippen molar-refractivity contribution >= 4 is 11.9 Å². The predicted molar refractivity (Wildman–Crippen MR) is 197 cm³/mol. The highest BCUT2D eigenvalue weighted by Gasteiger charge is 2.36. The van der Waals surface area contributed by atoms with Crippen molar-refractivity contribution in [1.82, 2.24) is 44.5 Å². The van der Waals surface area contributed by atoms with Gasteiger partial charge < -0.3 is 19.7 Å². The van der Waals surface area contributed by atoms with Crippen molar-refractivity contribution in [3.05, 3.63) is 174 Å². The van der Waals surface area contributed by atoms with Crippen LogP contribution in [0.2, 0.25) is 0 Å². The third kappa shape index (κ3) is 9.48. The average Bonchev–Trinajstić information content (AvgIpc) is 4.01. The van der Waals surface area contributed by atoms with Crippen LogP contribution in [-0.4, -0.2) is 67.1 Å². The van der Waals surface area contributed by atoms with Crippen LogP contribution in [0.25, 0.3) is 6.08 Å². The SMILES string of the molecule is O=C(C=Cc1ccc(OCc2cn(CC(O)(Cn3cncn3)c3ccc(F)cc3F)nn2)cc1)c1ccc(OCC(O)(Cn2cncn2)c2ccc(F)cc2F)cc1. The van der Waals surface area contributed by atoms with E-state index >= 15 is 0 Å². The van der Waals surface area contributed by atoms with Crippen LogP contribution >= 0.6 is 0 Å². The van der Waals surface area contributed by atoms with Crippen LogP contribution in [0.4, 0.5) is 17.6 Å². The Kier molecular flexibility index (Phi) is 11.5. The zero-order valence-electron chi connectivity index (χ0n) is 30.3. The number of rotatable bonds is 17. The van der Waals surface area contributed by atoms with Crippen molar-refractivity contribution in [1.29, 1.82) is 0 Å². The molecule has 0 fully saturated rings. The standard InChI is InChI=1S/C40H33F4N9O5/c41-29-6-12-34(36(43)15-29)39(55,20-52-25-45-23-47-52)19-51-17-31(49-50-51)18-57-32-8-1-27(2-9-32)3-14-38(54)28-4-10-33(11-5-28)58-22-40(56,21-53-26-46-24-48-53)35-13-7-30(42)16-37(35)44/h1-17,23-26,55-56H,18-22H2. The Bertz CT molecular complexity index is 2500. The maximum Gasteiger partial charge on any atom is 0.185 e. The van der Waals surface area contributed by atoms with Crippen molar-refractivity contribution in [2.24, 2.45) is 0 Å². The predicted octanol–water partition coefficient (Wildman–Crippen LogP) is 5.05. The van der Waals surface area contributed by atoms with Gasteiger partial charge in [-0.15, -0.1) is 5.10 Å². The molecule has 0 aliphatic heterocycles. The number of carbonyl (C=O) groups is 1. The molecule has 0 bridgehead atoms. The molecule has 7 rings (SSSR count). The van der Waals surface area contributed by atoms with Crippen LogP contribution < -0.4 is 9.47 Å². The maximum atomic E-state index is 14.8. The number of carbonyl (C=O) groups excluding carboxylic acids is 1. The summed E-state index contributed by atoms with van der Waals surface area (Å²) in [5, 5.41) is 39.1. The van der Waals surface area contributed by atoms with E-state index in [2.05, 4.69) is 30.5 Å². The molecule has 14 nitrogen and oxygen atoms in total. The van der Waals surface area contributed by atoms with Crippen LogP contribution in [0.5, 0.6) is 11.5 Å². The van der Waals surface area contributed by atoms with Gasteiger partial charge in [0.05, 0.1) is 25.8 Å². The first-order valence-electron chi connectivity index (χ1n) is 17.5. The molecule has 58 heavy (non-hydrogen) atoms. The van der Waals surface area contributed by atoms with Crippen LogP contribution in [0.15, 0.2) is 123 Å². The molecule has 0 aliphatic carbocycles. The zero-order chi connectivity index (χ0) is 40.7. The Balaban J connectivity index is 0.925. The summed E-state index contributed by atoms with van der Waals surface area (Å²) in [5.74, 6) is -2.95. The Morgan fingerprint density at radius 3 is 1.83 bits per heavy atom. The molecular weight excluding hydrogens is 762 g/mol. The third-order valence-electron chi connectivity index (χ3n) is 8.97. The number of allylic oxidation sites excluding steroid dienone is 1. The molecule has 0 aliphatic rings. The summed E-state index contributed by atoms with van der Waals surface area (Å²) in [5.41, 5.74) is -2.67. The molecule has 0 spiro atoms. The number of halogens is 4. The molecule has 3 aromatic heterocycles. The Labute approximate surface area is 327 Å². The summed E-state index contributed by atoms with van der Waals surface area (Å²) in [7, 11) is 0. The highest BCUT2D eigenvalue weighted by atomic mass is 19.1. The van der Waals surface area contributed by atoms with Gasteiger partial charge in [-0.25, -0.2) is 41.6 Å². The lowest BCUT2D eigenvalue weighted by Gasteiger charge is -2.29. The van der Waals surface area contributed by atoms with E-state index in [9.17, 15) is 32.6 Å². The Hall–Kier alpha value is -7.05. The fraction of sp³-hybridized carbons (Fsp3) is 0.175. The van der Waals surface area contributed by atoms with Crippen molar-refractivity contribution < 1.29 is 42.0 Å². The van der Waals surface area contributed by atoms with Crippen LogP contribution in [0, 0.1) is 23.3 Å². The van der Waals surface area contributed by atoms with Gasteiger partial charge in [0.25, 0.3) is 0 Å². The molecule has 2 atom stereocenters. The summed E-state index contributed by atoms with van der Waals surface area (Å²) in [6.45, 7) is -1.06. The van der Waals surface area contributed by atoms with E-state index in [0.717, 1.165) is 18.2 Å². The molecule has 0 saturated carbocycles. The number of ether oxygens (including phenoxy) is 2. The van der Waals surface area contributed by atoms with Crippen LogP contribution in [0.1, 0.15) is 32.7 Å². The number of aliphatic hydroxyl groups is 2. The van der Waals surface area contributed by atoms with Gasteiger partial charge in [-0.1, -0.05) is 35.6 Å². The second-order valence-electron chi connectivity index (χ2n) is 13.3. The van der Waals surface area contributed by atoms with Crippen molar-refractivity contribution in [3.8, 4) is 11.5 Å². The van der Waals surface area contributed by atoms with E-state index in [1.54, 1.807) is 42.5 Å². The summed E-state index contributed by atoms with van der Waals surface area (Å²) in [6.07, 6.45) is 9.80. The van der Waals surface area contributed by atoms with Gasteiger partial charge in [-0.05, 0) is 60.2 Å². The lowest BCUT2D eigenvalue weighted by Crippen LogP contribution is -2.39. The third-order valence-corrected chi connectivity index (χ3v) is 8.97. The second kappa shape index (κ2) is 17.0. The van der Waals surface area contributed by atoms with E-state index in [1.807, 2.05) is 0 Å². The number of hydrogen-bond donors (Lipinski definition) is 2. The molecule has 7 aromatic rings. The molecule has 2 N–H and O–H groups in total. The number of benzene rings is 4. The van der Waals surface area contributed by atoms with Gasteiger partial charge in [0, 0.05) is 28.8 Å². The van der Waals surface area contributed by atoms with Gasteiger partial charge in [0.15, 0.2) is 5.78 Å². The second-order valence-corrected chi connectivity index (χ2v) is 13.3. The lowest BCUT2D eigenvalue weighted by molar-refractivity contribution is -0.0297. The minimum atomic E-state index is -1.94. The number of nitrogens with zero attached hydrogens (tertiary/aromatic N) is 9. The topological polar surface area (TPSA) is 168 Å². The molecule has 4 aromatic carbocycles. The first-order chi connectivity index (χ1) is 27.9. The van der Waals surface area contributed by atoms with Gasteiger partial charge in [-0.3, -0.25) is 4.79 Å². The molecule has 3 heterocycles. The van der Waals surface area contributed by atoms with Gasteiger partial charge in [0.1, 0.15) is 90.2 Å². The van der Waals surface area contributed by atoms with Crippen molar-refractivity contribution in [3.63, 3.8) is 0 Å². The van der Waals surface area contributed by atoms with E-state index in [1.165, 1.54) is 69.8 Å². The summed E-state index contributed by atoms with van der Waals surface area (Å²) in [4.78, 5) is 20.6. The highest BCUT2D eigenvalue weighted by Crippen LogP contribution is 2.30. The van der Waals surface area contributed by atoms with Gasteiger partial charge >= 0.3 is 0 Å². The lowest BCUT2D eigenvalue weighted by atomic mass is 9.93. The van der Waals surface area contributed by atoms with E-state index in [0.29, 0.717) is 40.5 Å². The first kappa shape index (κ1) is 39.2. The minimum absolute atomic E-state index is 0.0179.